The van der Waals surface area contributed by atoms with E-state index >= 15 is 0 Å². The summed E-state index contributed by atoms with van der Waals surface area (Å²) in [6.07, 6.45) is 1.98. The topological polar surface area (TPSA) is 62.6 Å². The average molecular weight is 401 g/mol. The first kappa shape index (κ1) is 22.0. The zero-order valence-electron chi connectivity index (χ0n) is 17.5. The highest BCUT2D eigenvalue weighted by atomic mass is 32.2. The molecule has 28 heavy (non-hydrogen) atoms. The molecule has 0 heterocycles. The van der Waals surface area contributed by atoms with Crippen molar-refractivity contribution in [2.75, 3.05) is 30.5 Å². The van der Waals surface area contributed by atoms with Gasteiger partial charge in [-0.3, -0.25) is 9.59 Å². The minimum absolute atomic E-state index is 0.0927. The molecule has 150 valence electrons. The zero-order valence-corrected chi connectivity index (χ0v) is 18.3. The fraction of sp³-hybridized carbons (Fsp3) is 0.364. The summed E-state index contributed by atoms with van der Waals surface area (Å²) in [6, 6.07) is 11.5. The van der Waals surface area contributed by atoms with Gasteiger partial charge in [0.25, 0.3) is 11.8 Å². The van der Waals surface area contributed by atoms with Crippen molar-refractivity contribution < 1.29 is 14.5 Å². The fourth-order valence-electron chi connectivity index (χ4n) is 3.18. The molecule has 0 aliphatic heterocycles. The van der Waals surface area contributed by atoms with Gasteiger partial charge in [-0.25, -0.2) is 0 Å². The van der Waals surface area contributed by atoms with Crippen LogP contribution in [0.15, 0.2) is 41.3 Å². The Morgan fingerprint density at radius 1 is 1.07 bits per heavy atom. The molecule has 0 aromatic heterocycles. The number of quaternary nitrogens is 1. The van der Waals surface area contributed by atoms with E-state index in [1.165, 1.54) is 5.56 Å². The monoisotopic (exact) mass is 400 g/mol. The Morgan fingerprint density at radius 2 is 1.68 bits per heavy atom. The second kappa shape index (κ2) is 9.75. The summed E-state index contributed by atoms with van der Waals surface area (Å²) in [6.45, 7) is 8.08. The Bertz CT molecular complexity index is 844. The van der Waals surface area contributed by atoms with Gasteiger partial charge >= 0.3 is 0 Å². The van der Waals surface area contributed by atoms with Crippen molar-refractivity contribution in [3.05, 3.63) is 53.1 Å². The SMILES string of the molecule is CSc1ccccc1NC(=O)C[NH+](C)[C@@H](C)C(=O)Nc1c(C)cc(C)cc1C. The van der Waals surface area contributed by atoms with Gasteiger partial charge in [0.1, 0.15) is 0 Å². The Balaban J connectivity index is 1.99. The Morgan fingerprint density at radius 3 is 2.29 bits per heavy atom. The first-order valence-corrected chi connectivity index (χ1v) is 10.6. The van der Waals surface area contributed by atoms with Crippen LogP contribution < -0.4 is 15.5 Å². The minimum Gasteiger partial charge on any atom is -0.320 e. The Hall–Kier alpha value is -2.31. The molecule has 2 atom stereocenters. The van der Waals surface area contributed by atoms with Crippen molar-refractivity contribution in [2.24, 2.45) is 0 Å². The van der Waals surface area contributed by atoms with Crippen molar-refractivity contribution in [2.45, 2.75) is 38.6 Å². The second-order valence-corrected chi connectivity index (χ2v) is 8.10. The van der Waals surface area contributed by atoms with Gasteiger partial charge in [0, 0.05) is 10.6 Å². The van der Waals surface area contributed by atoms with Crippen molar-refractivity contribution in [1.29, 1.82) is 0 Å². The number of thioether (sulfide) groups is 1. The summed E-state index contributed by atoms with van der Waals surface area (Å²) >= 11 is 1.59. The minimum atomic E-state index is -0.360. The number of hydrogen-bond donors (Lipinski definition) is 3. The third-order valence-electron chi connectivity index (χ3n) is 4.88. The molecule has 0 radical (unpaired) electrons. The van der Waals surface area contributed by atoms with Gasteiger partial charge in [-0.1, -0.05) is 29.8 Å². The van der Waals surface area contributed by atoms with E-state index in [1.807, 2.05) is 65.3 Å². The molecule has 0 aliphatic carbocycles. The molecule has 0 saturated carbocycles. The molecular weight excluding hydrogens is 370 g/mol. The van der Waals surface area contributed by atoms with Crippen LogP contribution in [0.25, 0.3) is 0 Å². The highest BCUT2D eigenvalue weighted by Crippen LogP contribution is 2.24. The van der Waals surface area contributed by atoms with E-state index in [2.05, 4.69) is 22.8 Å². The van der Waals surface area contributed by atoms with Crippen LogP contribution in [-0.2, 0) is 9.59 Å². The molecule has 2 amide bonds. The van der Waals surface area contributed by atoms with Crippen molar-refractivity contribution in [3.63, 3.8) is 0 Å². The predicted octanol–water partition coefficient (Wildman–Crippen LogP) is 2.81. The number of carbonyl (C=O) groups is 2. The van der Waals surface area contributed by atoms with Crippen molar-refractivity contribution >= 4 is 35.0 Å². The van der Waals surface area contributed by atoms with Gasteiger partial charge in [-0.2, -0.15) is 0 Å². The molecular formula is C22H30N3O2S+. The normalized spacial score (nSPS) is 12.9. The van der Waals surface area contributed by atoms with Crippen LogP contribution in [-0.4, -0.2) is 37.7 Å². The van der Waals surface area contributed by atoms with Crippen LogP contribution in [0.3, 0.4) is 0 Å². The van der Waals surface area contributed by atoms with E-state index in [-0.39, 0.29) is 24.4 Å². The molecule has 0 aliphatic rings. The van der Waals surface area contributed by atoms with E-state index in [0.717, 1.165) is 32.3 Å². The smallest absolute Gasteiger partial charge is 0.282 e. The molecule has 2 rings (SSSR count). The Kier molecular flexibility index (Phi) is 7.66. The summed E-state index contributed by atoms with van der Waals surface area (Å²) in [5, 5.41) is 5.98. The molecule has 3 N–H and O–H groups in total. The number of amides is 2. The van der Waals surface area contributed by atoms with Crippen molar-refractivity contribution in [3.8, 4) is 0 Å². The van der Waals surface area contributed by atoms with Crippen LogP contribution in [0.1, 0.15) is 23.6 Å². The van der Waals surface area contributed by atoms with Gasteiger partial charge in [0.2, 0.25) is 0 Å². The van der Waals surface area contributed by atoms with Crippen LogP contribution in [0, 0.1) is 20.8 Å². The highest BCUT2D eigenvalue weighted by molar-refractivity contribution is 7.98. The predicted molar refractivity (Wildman–Crippen MR) is 117 cm³/mol. The molecule has 1 unspecified atom stereocenters. The van der Waals surface area contributed by atoms with E-state index in [1.54, 1.807) is 11.8 Å². The average Bonchev–Trinajstić information content (AvgIpc) is 2.64. The lowest BCUT2D eigenvalue weighted by Gasteiger charge is -2.22. The third-order valence-corrected chi connectivity index (χ3v) is 5.67. The molecule has 5 nitrogen and oxygen atoms in total. The summed E-state index contributed by atoms with van der Waals surface area (Å²) in [5.74, 6) is -0.203. The number of aryl methyl sites for hydroxylation is 3. The molecule has 0 spiro atoms. The number of anilines is 2. The maximum Gasteiger partial charge on any atom is 0.282 e. The maximum absolute atomic E-state index is 12.7. The van der Waals surface area contributed by atoms with E-state index in [0.29, 0.717) is 0 Å². The Labute approximate surface area is 171 Å². The summed E-state index contributed by atoms with van der Waals surface area (Å²) in [5.41, 5.74) is 4.92. The van der Waals surface area contributed by atoms with Gasteiger partial charge < -0.3 is 15.5 Å². The van der Waals surface area contributed by atoms with Crippen LogP contribution in [0.5, 0.6) is 0 Å². The van der Waals surface area contributed by atoms with Gasteiger partial charge in [0.15, 0.2) is 12.6 Å². The maximum atomic E-state index is 12.7. The van der Waals surface area contributed by atoms with Crippen molar-refractivity contribution in [1.82, 2.24) is 0 Å². The molecule has 0 bridgehead atoms. The molecule has 0 fully saturated rings. The summed E-state index contributed by atoms with van der Waals surface area (Å²) < 4.78 is 0. The van der Waals surface area contributed by atoms with Crippen LogP contribution >= 0.6 is 11.8 Å². The largest absolute Gasteiger partial charge is 0.320 e. The lowest BCUT2D eigenvalue weighted by atomic mass is 10.0. The van der Waals surface area contributed by atoms with Crippen LogP contribution in [0.2, 0.25) is 0 Å². The number of nitrogens with one attached hydrogen (secondary N) is 3. The van der Waals surface area contributed by atoms with Gasteiger partial charge in [0.05, 0.1) is 12.7 Å². The number of rotatable bonds is 7. The van der Waals surface area contributed by atoms with Crippen LogP contribution in [0.4, 0.5) is 11.4 Å². The second-order valence-electron chi connectivity index (χ2n) is 7.26. The molecule has 2 aromatic carbocycles. The van der Waals surface area contributed by atoms with E-state index in [4.69, 9.17) is 0 Å². The lowest BCUT2D eigenvalue weighted by molar-refractivity contribution is -0.885. The lowest BCUT2D eigenvalue weighted by Crippen LogP contribution is -3.14. The molecule has 6 heteroatoms. The van der Waals surface area contributed by atoms with Gasteiger partial charge in [-0.15, -0.1) is 11.8 Å². The molecule has 0 saturated heterocycles. The number of carbonyl (C=O) groups excluding carboxylic acids is 2. The fourth-order valence-corrected chi connectivity index (χ4v) is 3.73. The molecule has 2 aromatic rings. The zero-order chi connectivity index (χ0) is 20.8. The standard InChI is InChI=1S/C22H29N3O2S/c1-14-11-15(2)21(16(3)12-14)24-22(27)17(4)25(5)13-20(26)23-18-9-7-8-10-19(18)28-6/h7-12,17H,13H2,1-6H3,(H,23,26)(H,24,27)/p+1/t17-/m0/s1. The number of para-hydroxylation sites is 1. The number of likely N-dealkylation sites (N-methyl/N-ethyl adjacent to an activating group) is 1. The number of benzene rings is 2. The third kappa shape index (κ3) is 5.59. The first-order chi connectivity index (χ1) is 13.2. The van der Waals surface area contributed by atoms with Gasteiger partial charge in [-0.05, 0) is 57.2 Å². The summed E-state index contributed by atoms with van der Waals surface area (Å²) in [4.78, 5) is 27.0. The van der Waals surface area contributed by atoms with E-state index < -0.39 is 0 Å². The van der Waals surface area contributed by atoms with E-state index in [9.17, 15) is 9.59 Å². The quantitative estimate of drug-likeness (QED) is 0.627. The number of hydrogen-bond acceptors (Lipinski definition) is 3. The summed E-state index contributed by atoms with van der Waals surface area (Å²) in [7, 11) is 1.86. The first-order valence-electron chi connectivity index (χ1n) is 9.36. The highest BCUT2D eigenvalue weighted by Gasteiger charge is 2.25.